The van der Waals surface area contributed by atoms with Gasteiger partial charge in [-0.25, -0.2) is 4.39 Å². The van der Waals surface area contributed by atoms with E-state index in [-0.39, 0.29) is 36.2 Å². The number of aliphatic hydroxyl groups excluding tert-OH is 2. The van der Waals surface area contributed by atoms with Crippen molar-refractivity contribution in [3.63, 3.8) is 0 Å². The summed E-state index contributed by atoms with van der Waals surface area (Å²) in [6, 6.07) is 4.22. The van der Waals surface area contributed by atoms with Gasteiger partial charge in [0.05, 0.1) is 18.3 Å². The van der Waals surface area contributed by atoms with E-state index in [9.17, 15) is 14.3 Å². The molecule has 4 nitrogen and oxygen atoms in total. The van der Waals surface area contributed by atoms with Crippen molar-refractivity contribution in [3.8, 4) is 11.8 Å². The number of nitrogens with zero attached hydrogens (tertiary/aromatic N) is 1. The van der Waals surface area contributed by atoms with E-state index >= 15 is 0 Å². The number of hydrogen-bond donors (Lipinski definition) is 2. The zero-order valence-electron chi connectivity index (χ0n) is 11.7. The van der Waals surface area contributed by atoms with Gasteiger partial charge in [0.25, 0.3) is 5.91 Å². The Morgan fingerprint density at radius 2 is 2.10 bits per heavy atom. The fourth-order valence-corrected chi connectivity index (χ4v) is 2.21. The minimum absolute atomic E-state index is 0.0635. The van der Waals surface area contributed by atoms with Crippen LogP contribution in [0.1, 0.15) is 35.2 Å². The van der Waals surface area contributed by atoms with Crippen LogP contribution in [0.15, 0.2) is 18.2 Å². The monoisotopic (exact) mass is 291 g/mol. The van der Waals surface area contributed by atoms with Gasteiger partial charge in [0.1, 0.15) is 5.82 Å². The van der Waals surface area contributed by atoms with E-state index in [2.05, 4.69) is 11.8 Å². The Morgan fingerprint density at radius 1 is 1.38 bits per heavy atom. The number of carbonyl (C=O) groups is 1. The zero-order valence-corrected chi connectivity index (χ0v) is 11.7. The predicted octanol–water partition coefficient (Wildman–Crippen LogP) is 1.16. The SMILES string of the molecule is O=C(c1ccc(C#CCCO)c(F)c1)N1CCC(O)CC1. The van der Waals surface area contributed by atoms with Crippen molar-refractivity contribution >= 4 is 5.91 Å². The molecule has 1 heterocycles. The maximum atomic E-state index is 13.9. The fraction of sp³-hybridized carbons (Fsp3) is 0.438. The Balaban J connectivity index is 2.09. The Kier molecular flexibility index (Phi) is 5.32. The molecule has 0 bridgehead atoms. The van der Waals surface area contributed by atoms with Gasteiger partial charge < -0.3 is 15.1 Å². The summed E-state index contributed by atoms with van der Waals surface area (Å²) in [7, 11) is 0. The molecule has 2 N–H and O–H groups in total. The molecule has 1 aliphatic heterocycles. The van der Waals surface area contributed by atoms with Gasteiger partial charge in [-0.05, 0) is 31.0 Å². The normalized spacial score (nSPS) is 15.5. The van der Waals surface area contributed by atoms with Crippen molar-refractivity contribution in [1.29, 1.82) is 0 Å². The molecule has 1 aromatic carbocycles. The molecular weight excluding hydrogens is 273 g/mol. The highest BCUT2D eigenvalue weighted by Crippen LogP contribution is 2.16. The minimum Gasteiger partial charge on any atom is -0.395 e. The number of likely N-dealkylation sites (tertiary alicyclic amines) is 1. The summed E-state index contributed by atoms with van der Waals surface area (Å²) in [5.74, 6) is 4.50. The third-order valence-electron chi connectivity index (χ3n) is 3.43. The van der Waals surface area contributed by atoms with Crippen molar-refractivity contribution < 1.29 is 19.4 Å². The number of benzene rings is 1. The maximum absolute atomic E-state index is 13.9. The fourth-order valence-electron chi connectivity index (χ4n) is 2.21. The third-order valence-corrected chi connectivity index (χ3v) is 3.43. The summed E-state index contributed by atoms with van der Waals surface area (Å²) in [4.78, 5) is 13.9. The minimum atomic E-state index is -0.539. The first-order valence-corrected chi connectivity index (χ1v) is 6.98. The molecule has 0 radical (unpaired) electrons. The van der Waals surface area contributed by atoms with E-state index < -0.39 is 5.82 Å². The van der Waals surface area contributed by atoms with E-state index in [4.69, 9.17) is 5.11 Å². The first-order valence-electron chi connectivity index (χ1n) is 6.98. The lowest BCUT2D eigenvalue weighted by Crippen LogP contribution is -2.40. The highest BCUT2D eigenvalue weighted by molar-refractivity contribution is 5.94. The Labute approximate surface area is 123 Å². The highest BCUT2D eigenvalue weighted by Gasteiger charge is 2.22. The Morgan fingerprint density at radius 3 is 2.71 bits per heavy atom. The second kappa shape index (κ2) is 7.21. The number of halogens is 1. The van der Waals surface area contributed by atoms with E-state index in [1.54, 1.807) is 11.0 Å². The second-order valence-corrected chi connectivity index (χ2v) is 4.99. The van der Waals surface area contributed by atoms with Crippen molar-refractivity contribution in [2.75, 3.05) is 19.7 Å². The van der Waals surface area contributed by atoms with Gasteiger partial charge in [0.15, 0.2) is 0 Å². The second-order valence-electron chi connectivity index (χ2n) is 4.99. The molecule has 1 fully saturated rings. The van der Waals surface area contributed by atoms with Gasteiger partial charge in [0, 0.05) is 25.1 Å². The van der Waals surface area contributed by atoms with Crippen molar-refractivity contribution in [2.45, 2.75) is 25.4 Å². The molecule has 1 aromatic rings. The lowest BCUT2D eigenvalue weighted by atomic mass is 10.1. The van der Waals surface area contributed by atoms with Crippen LogP contribution in [0.3, 0.4) is 0 Å². The summed E-state index contributed by atoms with van der Waals surface area (Å²) in [6.45, 7) is 0.908. The molecule has 0 aromatic heterocycles. The summed E-state index contributed by atoms with van der Waals surface area (Å²) >= 11 is 0. The molecule has 0 saturated carbocycles. The first kappa shape index (κ1) is 15.5. The smallest absolute Gasteiger partial charge is 0.253 e. The van der Waals surface area contributed by atoms with Crippen LogP contribution in [0.5, 0.6) is 0 Å². The summed E-state index contributed by atoms with van der Waals surface area (Å²) in [5, 5.41) is 18.1. The van der Waals surface area contributed by atoms with Crippen molar-refractivity contribution in [1.82, 2.24) is 4.90 Å². The lowest BCUT2D eigenvalue weighted by molar-refractivity contribution is 0.0546. The largest absolute Gasteiger partial charge is 0.395 e. The van der Waals surface area contributed by atoms with Gasteiger partial charge in [0.2, 0.25) is 0 Å². The molecule has 0 aliphatic carbocycles. The van der Waals surface area contributed by atoms with Crippen LogP contribution < -0.4 is 0 Å². The number of hydrogen-bond acceptors (Lipinski definition) is 3. The van der Waals surface area contributed by atoms with Gasteiger partial charge >= 0.3 is 0 Å². The van der Waals surface area contributed by atoms with Crippen LogP contribution in [0.25, 0.3) is 0 Å². The van der Waals surface area contributed by atoms with Crippen molar-refractivity contribution in [2.24, 2.45) is 0 Å². The standard InChI is InChI=1S/C16H18FNO3/c17-15-11-13(5-4-12(15)3-1-2-10-19)16(21)18-8-6-14(20)7-9-18/h4-5,11,14,19-20H,2,6-10H2. The molecule has 1 amide bonds. The quantitative estimate of drug-likeness (QED) is 0.804. The number of aliphatic hydroxyl groups is 2. The van der Waals surface area contributed by atoms with Crippen molar-refractivity contribution in [3.05, 3.63) is 35.1 Å². The molecule has 1 saturated heterocycles. The van der Waals surface area contributed by atoms with Gasteiger partial charge in [-0.3, -0.25) is 4.79 Å². The molecule has 112 valence electrons. The lowest BCUT2D eigenvalue weighted by Gasteiger charge is -2.29. The van der Waals surface area contributed by atoms with Gasteiger partial charge in [-0.1, -0.05) is 11.8 Å². The molecule has 5 heteroatoms. The van der Waals surface area contributed by atoms with Crippen LogP contribution in [0, 0.1) is 17.7 Å². The summed E-state index contributed by atoms with van der Waals surface area (Å²) < 4.78 is 13.9. The van der Waals surface area contributed by atoms with E-state index in [0.29, 0.717) is 25.9 Å². The van der Waals surface area contributed by atoms with Gasteiger partial charge in [-0.2, -0.15) is 0 Å². The number of rotatable bonds is 2. The number of carbonyl (C=O) groups excluding carboxylic acids is 1. The molecule has 2 rings (SSSR count). The molecule has 0 unspecified atom stereocenters. The van der Waals surface area contributed by atoms with Crippen LogP contribution in [0.2, 0.25) is 0 Å². The number of piperidine rings is 1. The molecule has 1 aliphatic rings. The van der Waals surface area contributed by atoms with Crippen LogP contribution >= 0.6 is 0 Å². The average molecular weight is 291 g/mol. The van der Waals surface area contributed by atoms with Gasteiger partial charge in [-0.15, -0.1) is 0 Å². The Hall–Kier alpha value is -1.90. The topological polar surface area (TPSA) is 60.8 Å². The molecule has 21 heavy (non-hydrogen) atoms. The van der Waals surface area contributed by atoms with Crippen LogP contribution in [-0.2, 0) is 0 Å². The summed E-state index contributed by atoms with van der Waals surface area (Å²) in [5.41, 5.74) is 0.505. The predicted molar refractivity (Wildman–Crippen MR) is 76.1 cm³/mol. The molecule has 0 spiro atoms. The summed E-state index contributed by atoms with van der Waals surface area (Å²) in [6.07, 6.45) is 1.05. The van der Waals surface area contributed by atoms with Crippen LogP contribution in [0.4, 0.5) is 4.39 Å². The van der Waals surface area contributed by atoms with E-state index in [0.717, 1.165) is 0 Å². The average Bonchev–Trinajstić information content (AvgIpc) is 2.49. The Bertz CT molecular complexity index is 569. The van der Waals surface area contributed by atoms with Crippen LogP contribution in [-0.4, -0.2) is 46.8 Å². The van der Waals surface area contributed by atoms with E-state index in [1.165, 1.54) is 12.1 Å². The molecular formula is C16H18FNO3. The third kappa shape index (κ3) is 4.03. The van der Waals surface area contributed by atoms with E-state index in [1.807, 2.05) is 0 Å². The first-order chi connectivity index (χ1) is 10.1. The zero-order chi connectivity index (χ0) is 15.2. The number of amides is 1. The maximum Gasteiger partial charge on any atom is 0.253 e. The highest BCUT2D eigenvalue weighted by atomic mass is 19.1. The molecule has 0 atom stereocenters.